The number of halogens is 1. The molecular weight excluding hydrogens is 278 g/mol. The SMILES string of the molecule is CCc1nn(C)c(CNCC2(CC)CC2)c1Br. The molecule has 1 aromatic heterocycles. The lowest BCUT2D eigenvalue weighted by Crippen LogP contribution is -2.24. The molecule has 17 heavy (non-hydrogen) atoms. The molecule has 0 aliphatic heterocycles. The van der Waals surface area contributed by atoms with Crippen LogP contribution in [0.3, 0.4) is 0 Å². The molecule has 0 spiro atoms. The zero-order valence-electron chi connectivity index (χ0n) is 11.0. The Hall–Kier alpha value is -0.350. The van der Waals surface area contributed by atoms with Gasteiger partial charge in [0.1, 0.15) is 0 Å². The minimum absolute atomic E-state index is 0.610. The van der Waals surface area contributed by atoms with Crippen LogP contribution >= 0.6 is 15.9 Å². The van der Waals surface area contributed by atoms with Crippen molar-refractivity contribution >= 4 is 15.9 Å². The Morgan fingerprint density at radius 2 is 2.12 bits per heavy atom. The van der Waals surface area contributed by atoms with Crippen LogP contribution in [0.25, 0.3) is 0 Å². The lowest BCUT2D eigenvalue weighted by atomic mass is 10.0. The standard InChI is InChI=1S/C13H22BrN3/c1-4-10-12(14)11(17(3)16-10)8-15-9-13(5-2)6-7-13/h15H,4-9H2,1-3H3. The number of nitrogens with zero attached hydrogens (tertiary/aromatic N) is 2. The fourth-order valence-corrected chi connectivity index (χ4v) is 3.05. The van der Waals surface area contributed by atoms with Crippen molar-refractivity contribution in [1.82, 2.24) is 15.1 Å². The zero-order chi connectivity index (χ0) is 12.5. The van der Waals surface area contributed by atoms with Gasteiger partial charge in [0.05, 0.1) is 15.9 Å². The van der Waals surface area contributed by atoms with Gasteiger partial charge in [-0.1, -0.05) is 13.8 Å². The Labute approximate surface area is 112 Å². The summed E-state index contributed by atoms with van der Waals surface area (Å²) in [5.74, 6) is 0. The molecule has 1 N–H and O–H groups in total. The highest BCUT2D eigenvalue weighted by atomic mass is 79.9. The molecule has 1 fully saturated rings. The fraction of sp³-hybridized carbons (Fsp3) is 0.769. The second-order valence-electron chi connectivity index (χ2n) is 5.14. The van der Waals surface area contributed by atoms with Gasteiger partial charge >= 0.3 is 0 Å². The molecule has 0 aromatic carbocycles. The number of hydrogen-bond donors (Lipinski definition) is 1. The van der Waals surface area contributed by atoms with E-state index in [1.807, 2.05) is 11.7 Å². The molecule has 0 unspecified atom stereocenters. The van der Waals surface area contributed by atoms with Gasteiger partial charge in [0.15, 0.2) is 0 Å². The van der Waals surface area contributed by atoms with Gasteiger partial charge in [-0.2, -0.15) is 5.10 Å². The summed E-state index contributed by atoms with van der Waals surface area (Å²) in [7, 11) is 2.02. The minimum atomic E-state index is 0.610. The van der Waals surface area contributed by atoms with Crippen LogP contribution in [-0.2, 0) is 20.0 Å². The lowest BCUT2D eigenvalue weighted by molar-refractivity contribution is 0.438. The number of aryl methyl sites for hydroxylation is 2. The van der Waals surface area contributed by atoms with Crippen molar-refractivity contribution in [2.45, 2.75) is 46.1 Å². The Kier molecular flexibility index (Phi) is 3.93. The van der Waals surface area contributed by atoms with Crippen molar-refractivity contribution in [3.63, 3.8) is 0 Å². The molecule has 0 amide bonds. The maximum Gasteiger partial charge on any atom is 0.0767 e. The van der Waals surface area contributed by atoms with Gasteiger partial charge < -0.3 is 5.32 Å². The largest absolute Gasteiger partial charge is 0.311 e. The second-order valence-corrected chi connectivity index (χ2v) is 5.93. The molecule has 4 heteroatoms. The number of nitrogens with one attached hydrogen (secondary N) is 1. The van der Waals surface area contributed by atoms with Crippen LogP contribution in [0.5, 0.6) is 0 Å². The molecular formula is C13H22BrN3. The first-order valence-corrected chi connectivity index (χ1v) is 7.32. The third-order valence-corrected chi connectivity index (χ3v) is 4.92. The molecule has 1 heterocycles. The number of aromatic nitrogens is 2. The highest BCUT2D eigenvalue weighted by molar-refractivity contribution is 9.10. The second kappa shape index (κ2) is 5.11. The number of hydrogen-bond acceptors (Lipinski definition) is 2. The van der Waals surface area contributed by atoms with E-state index < -0.39 is 0 Å². The molecule has 2 rings (SSSR count). The molecule has 96 valence electrons. The lowest BCUT2D eigenvalue weighted by Gasteiger charge is -2.13. The monoisotopic (exact) mass is 299 g/mol. The van der Waals surface area contributed by atoms with E-state index in [0.717, 1.165) is 25.2 Å². The molecule has 0 atom stereocenters. The highest BCUT2D eigenvalue weighted by Gasteiger charge is 2.39. The summed E-state index contributed by atoms with van der Waals surface area (Å²) in [5.41, 5.74) is 3.02. The average Bonchev–Trinajstić information content (AvgIpc) is 3.05. The van der Waals surface area contributed by atoms with Crippen LogP contribution in [-0.4, -0.2) is 16.3 Å². The summed E-state index contributed by atoms with van der Waals surface area (Å²) in [5, 5.41) is 8.09. The molecule has 0 saturated heterocycles. The van der Waals surface area contributed by atoms with Gasteiger partial charge in [-0.3, -0.25) is 4.68 Å². The van der Waals surface area contributed by atoms with Crippen LogP contribution < -0.4 is 5.32 Å². The van der Waals surface area contributed by atoms with E-state index in [9.17, 15) is 0 Å². The van der Waals surface area contributed by atoms with Crippen molar-refractivity contribution < 1.29 is 0 Å². The van der Waals surface area contributed by atoms with Crippen LogP contribution in [0.1, 0.15) is 44.5 Å². The van der Waals surface area contributed by atoms with Gasteiger partial charge in [-0.15, -0.1) is 0 Å². The predicted octanol–water partition coefficient (Wildman–Crippen LogP) is 3.02. The smallest absolute Gasteiger partial charge is 0.0767 e. The molecule has 0 bridgehead atoms. The Bertz CT molecular complexity index is 394. The van der Waals surface area contributed by atoms with E-state index in [-0.39, 0.29) is 0 Å². The first-order chi connectivity index (χ1) is 8.12. The third kappa shape index (κ3) is 2.74. The van der Waals surface area contributed by atoms with Crippen LogP contribution in [0, 0.1) is 5.41 Å². The molecule has 0 radical (unpaired) electrons. The third-order valence-electron chi connectivity index (χ3n) is 4.00. The number of rotatable bonds is 6. The summed E-state index contributed by atoms with van der Waals surface area (Å²) < 4.78 is 3.16. The Morgan fingerprint density at radius 1 is 1.41 bits per heavy atom. The van der Waals surface area contributed by atoms with Gasteiger partial charge in [-0.05, 0) is 47.0 Å². The maximum absolute atomic E-state index is 4.51. The fourth-order valence-electron chi connectivity index (χ4n) is 2.29. The van der Waals surface area contributed by atoms with Crippen LogP contribution in [0.15, 0.2) is 4.47 Å². The van der Waals surface area contributed by atoms with E-state index in [1.54, 1.807) is 0 Å². The Balaban J connectivity index is 1.92. The van der Waals surface area contributed by atoms with E-state index in [2.05, 4.69) is 40.2 Å². The normalized spacial score (nSPS) is 17.4. The van der Waals surface area contributed by atoms with Gasteiger partial charge in [0, 0.05) is 20.1 Å². The topological polar surface area (TPSA) is 29.9 Å². The predicted molar refractivity (Wildman–Crippen MR) is 74.0 cm³/mol. The molecule has 1 aliphatic carbocycles. The first-order valence-electron chi connectivity index (χ1n) is 6.53. The first kappa shape index (κ1) is 13.1. The van der Waals surface area contributed by atoms with Crippen molar-refractivity contribution in [3.8, 4) is 0 Å². The quantitative estimate of drug-likeness (QED) is 0.875. The van der Waals surface area contributed by atoms with Crippen molar-refractivity contribution in [3.05, 3.63) is 15.9 Å². The Morgan fingerprint density at radius 3 is 2.59 bits per heavy atom. The van der Waals surface area contributed by atoms with Gasteiger partial charge in [-0.25, -0.2) is 0 Å². The summed E-state index contributed by atoms with van der Waals surface area (Å²) >= 11 is 3.65. The zero-order valence-corrected chi connectivity index (χ0v) is 12.6. The summed E-state index contributed by atoms with van der Waals surface area (Å²) in [4.78, 5) is 0. The molecule has 3 nitrogen and oxygen atoms in total. The minimum Gasteiger partial charge on any atom is -0.311 e. The van der Waals surface area contributed by atoms with E-state index >= 15 is 0 Å². The van der Waals surface area contributed by atoms with Crippen LogP contribution in [0.2, 0.25) is 0 Å². The molecule has 1 aromatic rings. The van der Waals surface area contributed by atoms with Crippen LogP contribution in [0.4, 0.5) is 0 Å². The summed E-state index contributed by atoms with van der Waals surface area (Å²) in [6, 6.07) is 0. The average molecular weight is 300 g/mol. The summed E-state index contributed by atoms with van der Waals surface area (Å²) in [6.07, 6.45) is 5.06. The summed E-state index contributed by atoms with van der Waals surface area (Å²) in [6.45, 7) is 6.48. The van der Waals surface area contributed by atoms with Crippen molar-refractivity contribution in [1.29, 1.82) is 0 Å². The van der Waals surface area contributed by atoms with Gasteiger partial charge in [0.2, 0.25) is 0 Å². The van der Waals surface area contributed by atoms with Crippen molar-refractivity contribution in [2.24, 2.45) is 12.5 Å². The van der Waals surface area contributed by atoms with E-state index in [1.165, 1.54) is 29.4 Å². The van der Waals surface area contributed by atoms with Crippen molar-refractivity contribution in [2.75, 3.05) is 6.54 Å². The van der Waals surface area contributed by atoms with E-state index in [0.29, 0.717) is 5.41 Å². The van der Waals surface area contributed by atoms with E-state index in [4.69, 9.17) is 0 Å². The molecule has 1 saturated carbocycles. The highest BCUT2D eigenvalue weighted by Crippen LogP contribution is 2.47. The van der Waals surface area contributed by atoms with Gasteiger partial charge in [0.25, 0.3) is 0 Å². The molecule has 1 aliphatic rings. The maximum atomic E-state index is 4.51.